The average Bonchev–Trinajstić information content (AvgIpc) is 2.78. The predicted molar refractivity (Wildman–Crippen MR) is 76.0 cm³/mol. The lowest BCUT2D eigenvalue weighted by atomic mass is 9.81. The first kappa shape index (κ1) is 12.8. The van der Waals surface area contributed by atoms with Crippen LogP contribution in [0.3, 0.4) is 0 Å². The molecule has 5 heteroatoms. The van der Waals surface area contributed by atoms with E-state index in [1.807, 2.05) is 18.2 Å². The number of benzene rings is 1. The second-order valence-corrected chi connectivity index (χ2v) is 5.00. The van der Waals surface area contributed by atoms with Crippen molar-refractivity contribution in [2.45, 2.75) is 25.2 Å². The highest BCUT2D eigenvalue weighted by Crippen LogP contribution is 2.44. The van der Waals surface area contributed by atoms with Gasteiger partial charge in [-0.2, -0.15) is 0 Å². The van der Waals surface area contributed by atoms with Gasteiger partial charge in [0.1, 0.15) is 5.76 Å². The molecule has 1 aliphatic rings. The van der Waals surface area contributed by atoms with Gasteiger partial charge in [0.15, 0.2) is 17.3 Å². The van der Waals surface area contributed by atoms with Gasteiger partial charge in [-0.1, -0.05) is 17.6 Å². The fourth-order valence-electron chi connectivity index (χ4n) is 2.55. The lowest BCUT2D eigenvalue weighted by Gasteiger charge is -2.23. The zero-order chi connectivity index (χ0) is 14.1. The van der Waals surface area contributed by atoms with Crippen LogP contribution in [-0.2, 0) is 0 Å². The zero-order valence-corrected chi connectivity index (χ0v) is 11.7. The van der Waals surface area contributed by atoms with Crippen LogP contribution in [0.2, 0.25) is 0 Å². The van der Waals surface area contributed by atoms with E-state index >= 15 is 0 Å². The van der Waals surface area contributed by atoms with Crippen molar-refractivity contribution in [3.05, 3.63) is 24.0 Å². The van der Waals surface area contributed by atoms with Gasteiger partial charge in [-0.15, -0.1) is 0 Å². The number of rotatable bonds is 4. The first-order valence-corrected chi connectivity index (χ1v) is 6.72. The number of hydrogen-bond acceptors (Lipinski definition) is 5. The molecule has 0 atom stereocenters. The van der Waals surface area contributed by atoms with E-state index in [-0.39, 0.29) is 0 Å². The van der Waals surface area contributed by atoms with E-state index in [2.05, 4.69) is 5.16 Å². The molecule has 20 heavy (non-hydrogen) atoms. The molecule has 1 aromatic heterocycles. The van der Waals surface area contributed by atoms with Crippen LogP contribution in [0.4, 0.5) is 5.82 Å². The van der Waals surface area contributed by atoms with E-state index in [0.717, 1.165) is 29.7 Å². The van der Waals surface area contributed by atoms with Crippen molar-refractivity contribution in [3.8, 4) is 22.6 Å². The Morgan fingerprint density at radius 2 is 1.95 bits per heavy atom. The van der Waals surface area contributed by atoms with Crippen LogP contribution in [0, 0.1) is 0 Å². The molecule has 1 saturated carbocycles. The first-order chi connectivity index (χ1) is 9.74. The number of methoxy groups -OCH3 is 2. The van der Waals surface area contributed by atoms with Gasteiger partial charge in [0.2, 0.25) is 0 Å². The molecule has 1 heterocycles. The van der Waals surface area contributed by atoms with Crippen LogP contribution in [0.1, 0.15) is 30.9 Å². The third kappa shape index (κ3) is 1.99. The quantitative estimate of drug-likeness (QED) is 0.927. The Bertz CT molecular complexity index is 618. The monoisotopic (exact) mass is 274 g/mol. The molecule has 0 saturated heterocycles. The summed E-state index contributed by atoms with van der Waals surface area (Å²) >= 11 is 0. The van der Waals surface area contributed by atoms with Crippen LogP contribution in [-0.4, -0.2) is 19.4 Å². The smallest absolute Gasteiger partial charge is 0.175 e. The summed E-state index contributed by atoms with van der Waals surface area (Å²) < 4.78 is 16.0. The standard InChI is InChI=1S/C15H18N2O3/c1-18-11-7-6-10(8-12(11)19-2)13-14(9-4-3-5-9)20-17-15(13)16/h6-9H,3-5H2,1-2H3,(H2,16,17). The van der Waals surface area contributed by atoms with E-state index in [9.17, 15) is 0 Å². The van der Waals surface area contributed by atoms with Gasteiger partial charge in [-0.3, -0.25) is 0 Å². The third-order valence-corrected chi connectivity index (χ3v) is 3.89. The number of aromatic nitrogens is 1. The summed E-state index contributed by atoms with van der Waals surface area (Å²) in [4.78, 5) is 0. The van der Waals surface area contributed by atoms with Crippen molar-refractivity contribution in [1.29, 1.82) is 0 Å². The van der Waals surface area contributed by atoms with E-state index in [1.165, 1.54) is 6.42 Å². The highest BCUT2D eigenvalue weighted by Gasteiger charge is 2.29. The number of nitrogen functional groups attached to an aromatic ring is 1. The van der Waals surface area contributed by atoms with E-state index in [4.69, 9.17) is 19.7 Å². The molecule has 0 spiro atoms. The Hall–Kier alpha value is -2.17. The summed E-state index contributed by atoms with van der Waals surface area (Å²) in [7, 11) is 3.23. The maximum Gasteiger partial charge on any atom is 0.175 e. The molecule has 0 aliphatic heterocycles. The minimum atomic E-state index is 0.430. The average molecular weight is 274 g/mol. The van der Waals surface area contributed by atoms with E-state index < -0.39 is 0 Å². The van der Waals surface area contributed by atoms with E-state index in [1.54, 1.807) is 14.2 Å². The molecule has 3 rings (SSSR count). The Labute approximate surface area is 117 Å². The van der Waals surface area contributed by atoms with Crippen molar-refractivity contribution in [3.63, 3.8) is 0 Å². The largest absolute Gasteiger partial charge is 0.493 e. The van der Waals surface area contributed by atoms with Crippen molar-refractivity contribution < 1.29 is 14.0 Å². The Morgan fingerprint density at radius 3 is 2.55 bits per heavy atom. The third-order valence-electron chi connectivity index (χ3n) is 3.89. The first-order valence-electron chi connectivity index (χ1n) is 6.72. The second kappa shape index (κ2) is 5.07. The molecule has 2 N–H and O–H groups in total. The summed E-state index contributed by atoms with van der Waals surface area (Å²) in [5.41, 5.74) is 7.81. The molecule has 1 aromatic carbocycles. The fourth-order valence-corrected chi connectivity index (χ4v) is 2.55. The summed E-state index contributed by atoms with van der Waals surface area (Å²) in [6, 6.07) is 5.72. The Kier molecular flexibility index (Phi) is 3.26. The van der Waals surface area contributed by atoms with Gasteiger partial charge < -0.3 is 19.7 Å². The lowest BCUT2D eigenvalue weighted by Crippen LogP contribution is -2.09. The maximum absolute atomic E-state index is 5.98. The van der Waals surface area contributed by atoms with Crippen LogP contribution < -0.4 is 15.2 Å². The van der Waals surface area contributed by atoms with Gasteiger partial charge in [-0.25, -0.2) is 0 Å². The molecule has 1 aliphatic carbocycles. The number of ether oxygens (including phenoxy) is 2. The number of nitrogens with zero attached hydrogens (tertiary/aromatic N) is 1. The van der Waals surface area contributed by atoms with Gasteiger partial charge in [0.25, 0.3) is 0 Å². The van der Waals surface area contributed by atoms with Gasteiger partial charge >= 0.3 is 0 Å². The van der Waals surface area contributed by atoms with Crippen molar-refractivity contribution >= 4 is 5.82 Å². The minimum Gasteiger partial charge on any atom is -0.493 e. The zero-order valence-electron chi connectivity index (χ0n) is 11.7. The number of anilines is 1. The van der Waals surface area contributed by atoms with Gasteiger partial charge in [-0.05, 0) is 30.5 Å². The normalized spacial score (nSPS) is 14.9. The predicted octanol–water partition coefficient (Wildman–Crippen LogP) is 3.21. The number of nitrogens with two attached hydrogens (primary N) is 1. The van der Waals surface area contributed by atoms with Gasteiger partial charge in [0, 0.05) is 5.92 Å². The summed E-state index contributed by atoms with van der Waals surface area (Å²) in [6.45, 7) is 0. The SMILES string of the molecule is COc1ccc(-c2c(N)noc2C2CCC2)cc1OC. The molecule has 5 nitrogen and oxygen atoms in total. The summed E-state index contributed by atoms with van der Waals surface area (Å²) in [5, 5.41) is 3.92. The summed E-state index contributed by atoms with van der Waals surface area (Å²) in [6.07, 6.45) is 3.50. The molecule has 0 amide bonds. The van der Waals surface area contributed by atoms with Crippen molar-refractivity contribution in [2.75, 3.05) is 20.0 Å². The molecular weight excluding hydrogens is 256 g/mol. The fraction of sp³-hybridized carbons (Fsp3) is 0.400. The molecule has 1 fully saturated rings. The van der Waals surface area contributed by atoms with Crippen molar-refractivity contribution in [2.24, 2.45) is 0 Å². The van der Waals surface area contributed by atoms with Crippen LogP contribution in [0.15, 0.2) is 22.7 Å². The molecule has 106 valence electrons. The van der Waals surface area contributed by atoms with Crippen LogP contribution in [0.5, 0.6) is 11.5 Å². The highest BCUT2D eigenvalue weighted by atomic mass is 16.5. The van der Waals surface area contributed by atoms with Crippen molar-refractivity contribution in [1.82, 2.24) is 5.16 Å². The minimum absolute atomic E-state index is 0.430. The number of hydrogen-bond donors (Lipinski definition) is 1. The molecule has 2 aromatic rings. The van der Waals surface area contributed by atoms with Gasteiger partial charge in [0.05, 0.1) is 19.8 Å². The molecule has 0 unspecified atom stereocenters. The summed E-state index contributed by atoms with van der Waals surface area (Å²) in [5.74, 6) is 3.12. The molecule has 0 bridgehead atoms. The molecule has 0 radical (unpaired) electrons. The van der Waals surface area contributed by atoms with Crippen LogP contribution in [0.25, 0.3) is 11.1 Å². The molecular formula is C15H18N2O3. The topological polar surface area (TPSA) is 70.5 Å². The second-order valence-electron chi connectivity index (χ2n) is 5.00. The Morgan fingerprint density at radius 1 is 1.20 bits per heavy atom. The maximum atomic E-state index is 5.98. The highest BCUT2D eigenvalue weighted by molar-refractivity contribution is 5.77. The Balaban J connectivity index is 2.06. The lowest BCUT2D eigenvalue weighted by molar-refractivity contribution is 0.302. The van der Waals surface area contributed by atoms with Crippen LogP contribution >= 0.6 is 0 Å². The van der Waals surface area contributed by atoms with E-state index in [0.29, 0.717) is 23.2 Å².